The molecule has 2 aliphatic heterocycles. The van der Waals surface area contributed by atoms with Crippen LogP contribution in [0.4, 0.5) is 5.13 Å². The van der Waals surface area contributed by atoms with E-state index in [2.05, 4.69) is 57.8 Å². The third-order valence-corrected chi connectivity index (χ3v) is 6.54. The molecule has 0 spiro atoms. The van der Waals surface area contributed by atoms with Crippen molar-refractivity contribution in [1.29, 1.82) is 0 Å². The number of thiazole rings is 1. The fourth-order valence-corrected chi connectivity index (χ4v) is 4.98. The zero-order valence-corrected chi connectivity index (χ0v) is 18.7. The van der Waals surface area contributed by atoms with Gasteiger partial charge in [-0.3, -0.25) is 4.90 Å². The van der Waals surface area contributed by atoms with Gasteiger partial charge in [-0.15, -0.1) is 11.3 Å². The molecule has 3 heterocycles. The Hall–Kier alpha value is -2.16. The zero-order valence-electron chi connectivity index (χ0n) is 17.9. The van der Waals surface area contributed by atoms with Gasteiger partial charge in [-0.2, -0.15) is 0 Å². The number of nitrogens with two attached hydrogens (primary N) is 1. The summed E-state index contributed by atoms with van der Waals surface area (Å²) in [5.74, 6) is 0.636. The van der Waals surface area contributed by atoms with Gasteiger partial charge in [0.1, 0.15) is 0 Å². The molecule has 1 aromatic heterocycles. The first-order valence-corrected chi connectivity index (χ1v) is 11.6. The maximum absolute atomic E-state index is 6.35. The lowest BCUT2D eigenvalue weighted by Gasteiger charge is -2.35. The van der Waals surface area contributed by atoms with Gasteiger partial charge >= 0.3 is 0 Å². The average molecular weight is 429 g/mol. The number of aromatic nitrogens is 1. The lowest BCUT2D eigenvalue weighted by Crippen LogP contribution is -2.51. The van der Waals surface area contributed by atoms with E-state index in [1.807, 2.05) is 11.6 Å². The van der Waals surface area contributed by atoms with Gasteiger partial charge < -0.3 is 20.3 Å². The maximum atomic E-state index is 6.35. The van der Waals surface area contributed by atoms with E-state index in [-0.39, 0.29) is 12.2 Å². The molecule has 4 rings (SSSR count). The Bertz CT molecular complexity index is 824. The van der Waals surface area contributed by atoms with E-state index in [1.54, 1.807) is 11.3 Å². The number of anilines is 1. The lowest BCUT2D eigenvalue weighted by atomic mass is 10.1. The number of rotatable bonds is 5. The number of piperazine rings is 1. The Morgan fingerprint density at radius 2 is 1.83 bits per heavy atom. The second-order valence-electron chi connectivity index (χ2n) is 8.18. The Labute approximate surface area is 183 Å². The second kappa shape index (κ2) is 9.76. The Kier molecular flexibility index (Phi) is 6.86. The largest absolute Gasteiger partial charge is 0.373 e. The van der Waals surface area contributed by atoms with Crippen molar-refractivity contribution in [1.82, 2.24) is 14.8 Å². The summed E-state index contributed by atoms with van der Waals surface area (Å²) in [6, 6.07) is 8.57. The van der Waals surface area contributed by atoms with Gasteiger partial charge in [0.25, 0.3) is 0 Å². The molecule has 162 valence electrons. The maximum Gasteiger partial charge on any atom is 0.191 e. The third kappa shape index (κ3) is 5.30. The van der Waals surface area contributed by atoms with Crippen molar-refractivity contribution < 1.29 is 4.74 Å². The minimum Gasteiger partial charge on any atom is -0.373 e. The summed E-state index contributed by atoms with van der Waals surface area (Å²) >= 11 is 1.69. The summed E-state index contributed by atoms with van der Waals surface area (Å²) in [4.78, 5) is 16.1. The van der Waals surface area contributed by atoms with Crippen molar-refractivity contribution in [2.24, 2.45) is 10.7 Å². The lowest BCUT2D eigenvalue weighted by molar-refractivity contribution is -0.0705. The van der Waals surface area contributed by atoms with E-state index >= 15 is 0 Å². The molecule has 2 atom stereocenters. The number of nitrogens with zero attached hydrogens (tertiary/aromatic N) is 5. The summed E-state index contributed by atoms with van der Waals surface area (Å²) in [7, 11) is 0. The van der Waals surface area contributed by atoms with Crippen LogP contribution in [0.25, 0.3) is 0 Å². The van der Waals surface area contributed by atoms with Crippen LogP contribution in [-0.4, -0.2) is 72.2 Å². The van der Waals surface area contributed by atoms with Crippen LogP contribution in [-0.2, 0) is 17.8 Å². The molecule has 30 heavy (non-hydrogen) atoms. The van der Waals surface area contributed by atoms with Crippen LogP contribution in [0.5, 0.6) is 0 Å². The second-order valence-corrected chi connectivity index (χ2v) is 9.06. The molecule has 0 radical (unpaired) electrons. The van der Waals surface area contributed by atoms with Gasteiger partial charge in [-0.05, 0) is 25.0 Å². The molecule has 0 saturated carbocycles. The fourth-order valence-electron chi connectivity index (χ4n) is 4.29. The monoisotopic (exact) mass is 428 g/mol. The number of aliphatic imine (C=N–C) groups is 1. The van der Waals surface area contributed by atoms with Crippen LogP contribution >= 0.6 is 11.3 Å². The van der Waals surface area contributed by atoms with Crippen molar-refractivity contribution in [2.45, 2.75) is 39.1 Å². The number of ether oxygens (including phenoxy) is 1. The molecule has 2 aliphatic rings. The minimum atomic E-state index is 0.276. The summed E-state index contributed by atoms with van der Waals surface area (Å²) in [5, 5.41) is 3.11. The predicted molar refractivity (Wildman–Crippen MR) is 123 cm³/mol. The van der Waals surface area contributed by atoms with Gasteiger partial charge in [0.2, 0.25) is 0 Å². The Morgan fingerprint density at radius 1 is 1.13 bits per heavy atom. The molecular weight excluding hydrogens is 396 g/mol. The highest BCUT2D eigenvalue weighted by Gasteiger charge is 2.23. The van der Waals surface area contributed by atoms with Crippen molar-refractivity contribution in [3.05, 3.63) is 47.0 Å². The molecule has 2 aromatic rings. The SMILES string of the molecule is CC1CN(Cc2ccccc2CN=C(N)N2CCN(c3nccs3)CC2)CC(C)O1. The number of benzene rings is 1. The molecule has 0 bridgehead atoms. The highest BCUT2D eigenvalue weighted by Crippen LogP contribution is 2.20. The Balaban J connectivity index is 1.34. The van der Waals surface area contributed by atoms with Crippen LogP contribution in [0, 0.1) is 0 Å². The molecule has 2 unspecified atom stereocenters. The normalized spacial score (nSPS) is 23.7. The van der Waals surface area contributed by atoms with Gasteiger partial charge in [-0.1, -0.05) is 24.3 Å². The zero-order chi connectivity index (χ0) is 20.9. The van der Waals surface area contributed by atoms with Gasteiger partial charge in [-0.25, -0.2) is 9.98 Å². The summed E-state index contributed by atoms with van der Waals surface area (Å²) in [6.45, 7) is 11.4. The van der Waals surface area contributed by atoms with Crippen LogP contribution in [0.1, 0.15) is 25.0 Å². The molecule has 2 fully saturated rings. The molecular formula is C22H32N6OS. The highest BCUT2D eigenvalue weighted by atomic mass is 32.1. The summed E-state index contributed by atoms with van der Waals surface area (Å²) in [6.07, 6.45) is 2.41. The molecule has 7 nitrogen and oxygen atoms in total. The molecule has 2 N–H and O–H groups in total. The van der Waals surface area contributed by atoms with Gasteiger partial charge in [0, 0.05) is 57.4 Å². The first kappa shape index (κ1) is 21.1. The number of guanidine groups is 1. The number of morpholine rings is 1. The molecule has 1 aromatic carbocycles. The first-order valence-electron chi connectivity index (χ1n) is 10.7. The Morgan fingerprint density at radius 3 is 2.50 bits per heavy atom. The van der Waals surface area contributed by atoms with Crippen LogP contribution in [0.15, 0.2) is 40.8 Å². The molecule has 0 aliphatic carbocycles. The van der Waals surface area contributed by atoms with Crippen molar-refractivity contribution in [3.8, 4) is 0 Å². The topological polar surface area (TPSA) is 70.2 Å². The van der Waals surface area contributed by atoms with Crippen molar-refractivity contribution in [3.63, 3.8) is 0 Å². The number of hydrogen-bond acceptors (Lipinski definition) is 6. The first-order chi connectivity index (χ1) is 14.6. The van der Waals surface area contributed by atoms with E-state index in [1.165, 1.54) is 11.1 Å². The van der Waals surface area contributed by atoms with E-state index in [9.17, 15) is 0 Å². The minimum absolute atomic E-state index is 0.276. The highest BCUT2D eigenvalue weighted by molar-refractivity contribution is 7.13. The summed E-state index contributed by atoms with van der Waals surface area (Å²) in [5.41, 5.74) is 8.92. The fraction of sp³-hybridized carbons (Fsp3) is 0.545. The quantitative estimate of drug-likeness (QED) is 0.583. The molecule has 2 saturated heterocycles. The third-order valence-electron chi connectivity index (χ3n) is 5.71. The van der Waals surface area contributed by atoms with Crippen LogP contribution in [0.3, 0.4) is 0 Å². The van der Waals surface area contributed by atoms with E-state index in [4.69, 9.17) is 15.5 Å². The predicted octanol–water partition coefficient (Wildman–Crippen LogP) is 2.39. The number of hydrogen-bond donors (Lipinski definition) is 1. The van der Waals surface area contributed by atoms with Gasteiger partial charge in [0.05, 0.1) is 18.8 Å². The standard InChI is InChI=1S/C22H32N6OS/c1-17-14-26(15-18(2)29-17)16-20-6-4-3-5-19(20)13-25-21(23)27-8-10-28(11-9-27)22-24-7-12-30-22/h3-7,12,17-18H,8-11,13-16H2,1-2H3,(H2,23,25). The van der Waals surface area contributed by atoms with E-state index < -0.39 is 0 Å². The molecule has 8 heteroatoms. The molecule has 0 amide bonds. The van der Waals surface area contributed by atoms with Crippen molar-refractivity contribution in [2.75, 3.05) is 44.2 Å². The summed E-state index contributed by atoms with van der Waals surface area (Å²) < 4.78 is 5.87. The van der Waals surface area contributed by atoms with E-state index in [0.29, 0.717) is 12.5 Å². The average Bonchev–Trinajstić information content (AvgIpc) is 3.27. The van der Waals surface area contributed by atoms with Crippen LogP contribution in [0.2, 0.25) is 0 Å². The van der Waals surface area contributed by atoms with Crippen LogP contribution < -0.4 is 10.6 Å². The smallest absolute Gasteiger partial charge is 0.191 e. The van der Waals surface area contributed by atoms with Gasteiger partial charge in [0.15, 0.2) is 11.1 Å². The van der Waals surface area contributed by atoms with E-state index in [0.717, 1.165) is 50.9 Å². The van der Waals surface area contributed by atoms with Crippen molar-refractivity contribution >= 4 is 22.4 Å².